The highest BCUT2D eigenvalue weighted by Gasteiger charge is 2.14. The van der Waals surface area contributed by atoms with E-state index >= 15 is 0 Å². The Bertz CT molecular complexity index is 531. The lowest BCUT2D eigenvalue weighted by Crippen LogP contribution is -2.15. The van der Waals surface area contributed by atoms with E-state index < -0.39 is 5.97 Å². The number of carboxylic acid groups (broad SMARTS) is 1. The zero-order chi connectivity index (χ0) is 12.3. The number of amides is 1. The first kappa shape index (κ1) is 11.8. The Morgan fingerprint density at radius 3 is 2.76 bits per heavy atom. The minimum atomic E-state index is -1.02. The van der Waals surface area contributed by atoms with Crippen molar-refractivity contribution in [3.05, 3.63) is 38.7 Å². The van der Waals surface area contributed by atoms with Gasteiger partial charge in [0.1, 0.15) is 4.88 Å². The molecule has 88 valence electrons. The van der Waals surface area contributed by atoms with Gasteiger partial charge < -0.3 is 10.4 Å². The molecular weight excluding hydrogens is 258 g/mol. The Morgan fingerprint density at radius 2 is 2.12 bits per heavy atom. The van der Waals surface area contributed by atoms with Gasteiger partial charge in [0.2, 0.25) is 5.91 Å². The first-order valence-corrected chi connectivity index (χ1v) is 6.61. The van der Waals surface area contributed by atoms with E-state index in [-0.39, 0.29) is 17.2 Å². The lowest BCUT2D eigenvalue weighted by atomic mass is 10.2. The van der Waals surface area contributed by atoms with Crippen LogP contribution in [0.25, 0.3) is 0 Å². The molecule has 0 fully saturated rings. The van der Waals surface area contributed by atoms with Crippen molar-refractivity contribution < 1.29 is 14.7 Å². The van der Waals surface area contributed by atoms with Crippen LogP contribution in [0.3, 0.4) is 0 Å². The molecule has 2 aromatic heterocycles. The highest BCUT2D eigenvalue weighted by atomic mass is 32.1. The van der Waals surface area contributed by atoms with Crippen LogP contribution >= 0.6 is 22.7 Å². The number of hydrogen-bond donors (Lipinski definition) is 2. The number of nitrogens with one attached hydrogen (secondary N) is 1. The second-order valence-electron chi connectivity index (χ2n) is 3.33. The van der Waals surface area contributed by atoms with Crippen LogP contribution in [0.5, 0.6) is 0 Å². The zero-order valence-corrected chi connectivity index (χ0v) is 10.3. The number of carboxylic acids is 1. The molecule has 0 aliphatic heterocycles. The van der Waals surface area contributed by atoms with E-state index in [9.17, 15) is 9.59 Å². The van der Waals surface area contributed by atoms with Crippen LogP contribution in [0.2, 0.25) is 0 Å². The second kappa shape index (κ2) is 5.11. The highest BCUT2D eigenvalue weighted by molar-refractivity contribution is 7.12. The SMILES string of the molecule is O=C(Cc1ccsc1)Nc1ccsc1C(=O)O. The van der Waals surface area contributed by atoms with Gasteiger partial charge >= 0.3 is 5.97 Å². The minimum Gasteiger partial charge on any atom is -0.477 e. The third kappa shape index (κ3) is 2.92. The third-order valence-electron chi connectivity index (χ3n) is 2.08. The minimum absolute atomic E-state index is 0.156. The van der Waals surface area contributed by atoms with Crippen LogP contribution in [0.1, 0.15) is 15.2 Å². The summed E-state index contributed by atoms with van der Waals surface area (Å²) in [5.74, 6) is -1.23. The van der Waals surface area contributed by atoms with E-state index in [1.165, 1.54) is 11.3 Å². The van der Waals surface area contributed by atoms with Crippen molar-refractivity contribution in [1.82, 2.24) is 0 Å². The molecule has 17 heavy (non-hydrogen) atoms. The fourth-order valence-corrected chi connectivity index (χ4v) is 2.70. The Morgan fingerprint density at radius 1 is 1.29 bits per heavy atom. The van der Waals surface area contributed by atoms with Crippen molar-refractivity contribution in [2.75, 3.05) is 5.32 Å². The molecule has 6 heteroatoms. The average molecular weight is 267 g/mol. The molecule has 0 aliphatic rings. The van der Waals surface area contributed by atoms with Crippen LogP contribution in [0.15, 0.2) is 28.3 Å². The Hall–Kier alpha value is -1.66. The fourth-order valence-electron chi connectivity index (χ4n) is 1.35. The molecule has 0 unspecified atom stereocenters. The summed E-state index contributed by atoms with van der Waals surface area (Å²) in [6.07, 6.45) is 0.262. The van der Waals surface area contributed by atoms with Crippen LogP contribution in [-0.4, -0.2) is 17.0 Å². The van der Waals surface area contributed by atoms with Gasteiger partial charge in [-0.25, -0.2) is 4.79 Å². The maximum atomic E-state index is 11.7. The van der Waals surface area contributed by atoms with Gasteiger partial charge in [-0.05, 0) is 33.8 Å². The number of rotatable bonds is 4. The molecule has 0 radical (unpaired) electrons. The van der Waals surface area contributed by atoms with Gasteiger partial charge in [-0.15, -0.1) is 11.3 Å². The standard InChI is InChI=1S/C11H9NO3S2/c13-9(5-7-1-3-16-6-7)12-8-2-4-17-10(8)11(14)15/h1-4,6H,5H2,(H,12,13)(H,14,15). The zero-order valence-electron chi connectivity index (χ0n) is 8.67. The molecule has 2 N–H and O–H groups in total. The smallest absolute Gasteiger partial charge is 0.348 e. The number of anilines is 1. The van der Waals surface area contributed by atoms with Crippen molar-refractivity contribution in [2.45, 2.75) is 6.42 Å². The summed E-state index contributed by atoms with van der Waals surface area (Å²) in [5.41, 5.74) is 1.29. The summed E-state index contributed by atoms with van der Waals surface area (Å²) < 4.78 is 0. The van der Waals surface area contributed by atoms with Gasteiger partial charge in [-0.1, -0.05) is 0 Å². The lowest BCUT2D eigenvalue weighted by molar-refractivity contribution is -0.115. The number of hydrogen-bond acceptors (Lipinski definition) is 4. The molecular formula is C11H9NO3S2. The van der Waals surface area contributed by atoms with Crippen LogP contribution in [-0.2, 0) is 11.2 Å². The first-order valence-electron chi connectivity index (χ1n) is 4.78. The summed E-state index contributed by atoms with van der Waals surface area (Å²) in [6, 6.07) is 3.47. The van der Waals surface area contributed by atoms with E-state index in [0.717, 1.165) is 16.9 Å². The number of aromatic carboxylic acids is 1. The highest BCUT2D eigenvalue weighted by Crippen LogP contribution is 2.22. The molecule has 2 aromatic rings. The second-order valence-corrected chi connectivity index (χ2v) is 5.02. The summed E-state index contributed by atoms with van der Waals surface area (Å²) >= 11 is 2.62. The Labute approximate surface area is 106 Å². The first-order chi connectivity index (χ1) is 8.16. The Balaban J connectivity index is 2.03. The van der Waals surface area contributed by atoms with E-state index in [4.69, 9.17) is 5.11 Å². The molecule has 2 heterocycles. The molecule has 0 spiro atoms. The monoisotopic (exact) mass is 267 g/mol. The van der Waals surface area contributed by atoms with Gasteiger partial charge in [0.15, 0.2) is 0 Å². The van der Waals surface area contributed by atoms with E-state index in [1.54, 1.807) is 11.4 Å². The van der Waals surface area contributed by atoms with Crippen LogP contribution in [0, 0.1) is 0 Å². The number of carbonyl (C=O) groups is 2. The summed E-state index contributed by atoms with van der Waals surface area (Å²) in [7, 11) is 0. The van der Waals surface area contributed by atoms with Gasteiger partial charge in [-0.3, -0.25) is 4.79 Å². The van der Waals surface area contributed by atoms with Gasteiger partial charge in [-0.2, -0.15) is 11.3 Å². The molecule has 0 saturated carbocycles. The van der Waals surface area contributed by atoms with Gasteiger partial charge in [0.05, 0.1) is 12.1 Å². The molecule has 0 atom stereocenters. The van der Waals surface area contributed by atoms with Crippen molar-refractivity contribution >= 4 is 40.2 Å². The quantitative estimate of drug-likeness (QED) is 0.895. The van der Waals surface area contributed by atoms with E-state index in [2.05, 4.69) is 5.32 Å². The molecule has 2 rings (SSSR count). The summed E-state index contributed by atoms with van der Waals surface area (Å²) in [4.78, 5) is 22.7. The molecule has 1 amide bonds. The maximum absolute atomic E-state index is 11.7. The van der Waals surface area contributed by atoms with Crippen LogP contribution < -0.4 is 5.32 Å². The van der Waals surface area contributed by atoms with E-state index in [0.29, 0.717) is 5.69 Å². The molecule has 4 nitrogen and oxygen atoms in total. The number of thiophene rings is 2. The topological polar surface area (TPSA) is 66.4 Å². The van der Waals surface area contributed by atoms with E-state index in [1.807, 2.05) is 16.8 Å². The maximum Gasteiger partial charge on any atom is 0.348 e. The average Bonchev–Trinajstić information content (AvgIpc) is 2.88. The lowest BCUT2D eigenvalue weighted by Gasteiger charge is -2.03. The Kier molecular flexibility index (Phi) is 3.55. The molecule has 0 saturated heterocycles. The van der Waals surface area contributed by atoms with Gasteiger partial charge in [0.25, 0.3) is 0 Å². The largest absolute Gasteiger partial charge is 0.477 e. The van der Waals surface area contributed by atoms with Crippen molar-refractivity contribution in [2.24, 2.45) is 0 Å². The van der Waals surface area contributed by atoms with Gasteiger partial charge in [0, 0.05) is 0 Å². The number of carbonyl (C=O) groups excluding carboxylic acids is 1. The predicted molar refractivity (Wildman–Crippen MR) is 67.9 cm³/mol. The molecule has 0 aromatic carbocycles. The van der Waals surface area contributed by atoms with Crippen molar-refractivity contribution in [1.29, 1.82) is 0 Å². The normalized spacial score (nSPS) is 10.1. The van der Waals surface area contributed by atoms with Crippen LogP contribution in [0.4, 0.5) is 5.69 Å². The predicted octanol–water partition coefficient (Wildman–Crippen LogP) is 2.69. The van der Waals surface area contributed by atoms with Crippen molar-refractivity contribution in [3.63, 3.8) is 0 Å². The van der Waals surface area contributed by atoms with Crippen molar-refractivity contribution in [3.8, 4) is 0 Å². The summed E-state index contributed by atoms with van der Waals surface area (Å²) in [5, 5.41) is 16.9. The molecule has 0 bridgehead atoms. The fraction of sp³-hybridized carbons (Fsp3) is 0.0909. The summed E-state index contributed by atoms with van der Waals surface area (Å²) in [6.45, 7) is 0. The third-order valence-corrected chi connectivity index (χ3v) is 3.71. The molecule has 0 aliphatic carbocycles.